The fraction of sp³-hybridized carbons (Fsp3) is 0.857. The van der Waals surface area contributed by atoms with E-state index in [0.29, 0.717) is 6.42 Å². The predicted octanol–water partition coefficient (Wildman–Crippen LogP) is 2.04. The summed E-state index contributed by atoms with van der Waals surface area (Å²) in [5.74, 6) is -0.675. The van der Waals surface area contributed by atoms with Crippen molar-refractivity contribution >= 4 is 5.97 Å². The molecule has 2 nitrogen and oxygen atoms in total. The Hall–Kier alpha value is 0.00247. The van der Waals surface area contributed by atoms with E-state index >= 15 is 0 Å². The van der Waals surface area contributed by atoms with Crippen molar-refractivity contribution in [2.45, 2.75) is 39.0 Å². The van der Waals surface area contributed by atoms with Gasteiger partial charge in [0.15, 0.2) is 0 Å². The van der Waals surface area contributed by atoms with Crippen molar-refractivity contribution in [1.29, 1.82) is 0 Å². The monoisotopic (exact) mass is 182 g/mol. The third-order valence-corrected chi connectivity index (χ3v) is 1.24. The molecule has 0 aliphatic heterocycles. The molecule has 0 heterocycles. The number of rotatable bonds is 5. The van der Waals surface area contributed by atoms with E-state index in [4.69, 9.17) is 5.11 Å². The molecule has 0 fully saturated rings. The Morgan fingerprint density at radius 2 is 1.90 bits per heavy atom. The van der Waals surface area contributed by atoms with Crippen LogP contribution in [0.3, 0.4) is 0 Å². The third kappa shape index (κ3) is 10.9. The number of carboxylic acids is 1. The van der Waals surface area contributed by atoms with Gasteiger partial charge in [0.05, 0.1) is 0 Å². The summed E-state index contributed by atoms with van der Waals surface area (Å²) in [7, 11) is 0. The van der Waals surface area contributed by atoms with Crippen molar-refractivity contribution in [3.63, 3.8) is 0 Å². The fourth-order valence-corrected chi connectivity index (χ4v) is 0.703. The van der Waals surface area contributed by atoms with Crippen LogP contribution < -0.4 is 0 Å². The molecule has 0 aliphatic carbocycles. The molecule has 0 atom stereocenters. The number of aliphatic carboxylic acids is 1. The second-order valence-corrected chi connectivity index (χ2v) is 2.20. The molecule has 60 valence electrons. The first kappa shape index (κ1) is 12.7. The van der Waals surface area contributed by atoms with Crippen LogP contribution in [0, 0.1) is 0 Å². The summed E-state index contributed by atoms with van der Waals surface area (Å²) in [6.07, 6.45) is 4.55. The van der Waals surface area contributed by atoms with E-state index in [0.717, 1.165) is 19.3 Å². The molecule has 0 aromatic heterocycles. The zero-order valence-electron chi connectivity index (χ0n) is 6.30. The van der Waals surface area contributed by atoms with Crippen LogP contribution in [0.15, 0.2) is 0 Å². The van der Waals surface area contributed by atoms with Crippen LogP contribution in [0.2, 0.25) is 0 Å². The molecule has 1 N–H and O–H groups in total. The molecule has 0 saturated heterocycles. The minimum Gasteiger partial charge on any atom is -0.481 e. The van der Waals surface area contributed by atoms with Crippen LogP contribution in [-0.4, -0.2) is 11.1 Å². The standard InChI is InChI=1S/C7H14O2.Cr/c1-2-3-4-5-6-7(8)9;/h2-6H2,1H3,(H,8,9);. The normalized spacial score (nSPS) is 8.50. The maximum Gasteiger partial charge on any atom is 0.303 e. The maximum absolute atomic E-state index is 9.96. The van der Waals surface area contributed by atoms with Gasteiger partial charge >= 0.3 is 5.97 Å². The zero-order valence-corrected chi connectivity index (χ0v) is 7.57. The van der Waals surface area contributed by atoms with Crippen LogP contribution in [0.25, 0.3) is 0 Å². The van der Waals surface area contributed by atoms with E-state index in [-0.39, 0.29) is 17.4 Å². The van der Waals surface area contributed by atoms with Crippen LogP contribution in [0.1, 0.15) is 39.0 Å². The van der Waals surface area contributed by atoms with Crippen LogP contribution in [0.4, 0.5) is 0 Å². The summed E-state index contributed by atoms with van der Waals surface area (Å²) in [6.45, 7) is 2.11. The molecule has 0 bridgehead atoms. The summed E-state index contributed by atoms with van der Waals surface area (Å²) in [5, 5.41) is 8.21. The minimum atomic E-state index is -0.675. The van der Waals surface area contributed by atoms with E-state index in [1.54, 1.807) is 0 Å². The fourth-order valence-electron chi connectivity index (χ4n) is 0.703. The number of carbonyl (C=O) groups is 1. The average molecular weight is 182 g/mol. The Labute approximate surface area is 72.8 Å². The van der Waals surface area contributed by atoms with Gasteiger partial charge in [-0.3, -0.25) is 4.79 Å². The largest absolute Gasteiger partial charge is 0.481 e. The number of carboxylic acid groups (broad SMARTS) is 1. The summed E-state index contributed by atoms with van der Waals surface area (Å²) in [4.78, 5) is 9.96. The Bertz CT molecular complexity index is 83.7. The van der Waals surface area contributed by atoms with Crippen molar-refractivity contribution in [2.24, 2.45) is 0 Å². The first-order valence-corrected chi connectivity index (χ1v) is 3.49. The molecule has 0 amide bonds. The molecule has 3 heteroatoms. The van der Waals surface area contributed by atoms with Crippen LogP contribution in [-0.2, 0) is 22.2 Å². The first-order chi connectivity index (χ1) is 4.27. The van der Waals surface area contributed by atoms with Gasteiger partial charge in [-0.1, -0.05) is 26.2 Å². The molecule has 0 unspecified atom stereocenters. The summed E-state index contributed by atoms with van der Waals surface area (Å²) in [5.41, 5.74) is 0. The van der Waals surface area contributed by atoms with Gasteiger partial charge in [0, 0.05) is 23.8 Å². The van der Waals surface area contributed by atoms with Crippen LogP contribution >= 0.6 is 0 Å². The van der Waals surface area contributed by atoms with Gasteiger partial charge in [0.2, 0.25) is 0 Å². The van der Waals surface area contributed by atoms with E-state index in [9.17, 15) is 4.79 Å². The Kier molecular flexibility index (Phi) is 11.4. The van der Waals surface area contributed by atoms with Crippen molar-refractivity contribution < 1.29 is 27.3 Å². The maximum atomic E-state index is 9.96. The molecule has 10 heavy (non-hydrogen) atoms. The molecule has 0 rings (SSSR count). The van der Waals surface area contributed by atoms with Gasteiger partial charge < -0.3 is 5.11 Å². The van der Waals surface area contributed by atoms with Crippen molar-refractivity contribution in [1.82, 2.24) is 0 Å². The van der Waals surface area contributed by atoms with Crippen molar-refractivity contribution in [3.8, 4) is 0 Å². The second kappa shape index (κ2) is 9.00. The minimum absolute atomic E-state index is 0. The molecule has 0 aromatic carbocycles. The van der Waals surface area contributed by atoms with E-state index in [2.05, 4.69) is 6.92 Å². The summed E-state index contributed by atoms with van der Waals surface area (Å²) >= 11 is 0. The van der Waals surface area contributed by atoms with E-state index in [1.807, 2.05) is 0 Å². The quantitative estimate of drug-likeness (QED) is 0.660. The molecule has 0 radical (unpaired) electrons. The molecular weight excluding hydrogens is 168 g/mol. The molecular formula is C7H14CrO2. The van der Waals surface area contributed by atoms with E-state index < -0.39 is 5.97 Å². The zero-order chi connectivity index (χ0) is 7.11. The molecule has 0 aliphatic rings. The SMILES string of the molecule is CCCCCCC(=O)O.[Cr]. The van der Waals surface area contributed by atoms with Gasteiger partial charge in [0.1, 0.15) is 0 Å². The Morgan fingerprint density at radius 3 is 2.30 bits per heavy atom. The van der Waals surface area contributed by atoms with Crippen molar-refractivity contribution in [3.05, 3.63) is 0 Å². The second-order valence-electron chi connectivity index (χ2n) is 2.20. The Morgan fingerprint density at radius 1 is 1.30 bits per heavy atom. The first-order valence-electron chi connectivity index (χ1n) is 3.49. The topological polar surface area (TPSA) is 37.3 Å². The van der Waals surface area contributed by atoms with Gasteiger partial charge in [-0.25, -0.2) is 0 Å². The summed E-state index contributed by atoms with van der Waals surface area (Å²) < 4.78 is 0. The molecule has 0 aromatic rings. The van der Waals surface area contributed by atoms with Gasteiger partial charge in [0.25, 0.3) is 0 Å². The number of hydrogen-bond acceptors (Lipinski definition) is 1. The van der Waals surface area contributed by atoms with Crippen molar-refractivity contribution in [2.75, 3.05) is 0 Å². The van der Waals surface area contributed by atoms with Gasteiger partial charge in [-0.05, 0) is 6.42 Å². The van der Waals surface area contributed by atoms with Crippen LogP contribution in [0.5, 0.6) is 0 Å². The Balaban J connectivity index is 0. The van der Waals surface area contributed by atoms with Gasteiger partial charge in [-0.15, -0.1) is 0 Å². The average Bonchev–Trinajstić information content (AvgIpc) is 1.80. The smallest absolute Gasteiger partial charge is 0.303 e. The predicted molar refractivity (Wildman–Crippen MR) is 36.4 cm³/mol. The third-order valence-electron chi connectivity index (χ3n) is 1.24. The number of unbranched alkanes of at least 4 members (excludes halogenated alkanes) is 3. The van der Waals surface area contributed by atoms with E-state index in [1.165, 1.54) is 6.42 Å². The molecule has 0 saturated carbocycles. The molecule has 0 spiro atoms. The number of hydrogen-bond donors (Lipinski definition) is 1. The summed E-state index contributed by atoms with van der Waals surface area (Å²) in [6, 6.07) is 0. The van der Waals surface area contributed by atoms with Gasteiger partial charge in [-0.2, -0.15) is 0 Å².